The number of nitrogens with zero attached hydrogens (tertiary/aromatic N) is 2. The van der Waals surface area contributed by atoms with Gasteiger partial charge in [-0.15, -0.1) is 0 Å². The normalized spacial score (nSPS) is 10.2. The molecule has 0 aliphatic heterocycles. The highest BCUT2D eigenvalue weighted by Gasteiger charge is 2.20. The molecule has 6 heteroatoms. The first kappa shape index (κ1) is 14.8. The molecule has 0 bridgehead atoms. The first-order valence-electron chi connectivity index (χ1n) is 5.89. The molecule has 2 amide bonds. The van der Waals surface area contributed by atoms with Crippen molar-refractivity contribution in [1.82, 2.24) is 14.8 Å². The molecule has 0 saturated heterocycles. The van der Waals surface area contributed by atoms with E-state index >= 15 is 0 Å². The standard InChI is InChI=1S/C12H18BrN3O2/c1-4-15-7-9(13)6-10(15)12(18)16(5-2)8-11(17)14-3/h6-7H,4-5,8H2,1-3H3,(H,14,17). The summed E-state index contributed by atoms with van der Waals surface area (Å²) in [7, 11) is 1.56. The molecule has 0 aliphatic carbocycles. The monoisotopic (exact) mass is 315 g/mol. The van der Waals surface area contributed by atoms with Crippen molar-refractivity contribution >= 4 is 27.7 Å². The maximum absolute atomic E-state index is 12.3. The van der Waals surface area contributed by atoms with Crippen molar-refractivity contribution in [2.45, 2.75) is 20.4 Å². The molecule has 0 aromatic carbocycles. The molecule has 0 atom stereocenters. The van der Waals surface area contributed by atoms with Gasteiger partial charge in [0.05, 0.1) is 6.54 Å². The fourth-order valence-electron chi connectivity index (χ4n) is 1.66. The quantitative estimate of drug-likeness (QED) is 0.894. The summed E-state index contributed by atoms with van der Waals surface area (Å²) in [5.74, 6) is -0.299. The largest absolute Gasteiger partial charge is 0.358 e. The molecule has 5 nitrogen and oxygen atoms in total. The van der Waals surface area contributed by atoms with Gasteiger partial charge in [-0.3, -0.25) is 9.59 Å². The molecule has 0 unspecified atom stereocenters. The SMILES string of the molecule is CCN(CC(=O)NC)C(=O)c1cc(Br)cn1CC. The fraction of sp³-hybridized carbons (Fsp3) is 0.500. The predicted molar refractivity (Wildman–Crippen MR) is 73.5 cm³/mol. The van der Waals surface area contributed by atoms with Crippen LogP contribution < -0.4 is 5.32 Å². The van der Waals surface area contributed by atoms with Crippen LogP contribution in [0.1, 0.15) is 24.3 Å². The van der Waals surface area contributed by atoms with Crippen molar-refractivity contribution in [2.75, 3.05) is 20.1 Å². The molecule has 0 radical (unpaired) electrons. The number of amides is 2. The van der Waals surface area contributed by atoms with Gasteiger partial charge in [-0.05, 0) is 35.8 Å². The van der Waals surface area contributed by atoms with Crippen molar-refractivity contribution in [3.8, 4) is 0 Å². The minimum Gasteiger partial charge on any atom is -0.358 e. The summed E-state index contributed by atoms with van der Waals surface area (Å²) < 4.78 is 2.72. The van der Waals surface area contributed by atoms with E-state index in [1.165, 1.54) is 4.90 Å². The predicted octanol–water partition coefficient (Wildman–Crippen LogP) is 1.48. The zero-order chi connectivity index (χ0) is 13.7. The Kier molecular flexibility index (Phi) is 5.40. The van der Waals surface area contributed by atoms with E-state index in [0.29, 0.717) is 18.8 Å². The van der Waals surface area contributed by atoms with Gasteiger partial charge in [-0.1, -0.05) is 0 Å². The van der Waals surface area contributed by atoms with E-state index in [4.69, 9.17) is 0 Å². The van der Waals surface area contributed by atoms with E-state index in [9.17, 15) is 9.59 Å². The second-order valence-corrected chi connectivity index (χ2v) is 4.74. The summed E-state index contributed by atoms with van der Waals surface area (Å²) in [6.45, 7) is 5.12. The van der Waals surface area contributed by atoms with Crippen molar-refractivity contribution in [2.24, 2.45) is 0 Å². The number of hydrogen-bond donors (Lipinski definition) is 1. The van der Waals surface area contributed by atoms with Gasteiger partial charge >= 0.3 is 0 Å². The summed E-state index contributed by atoms with van der Waals surface area (Å²) in [6, 6.07) is 1.78. The van der Waals surface area contributed by atoms with Gasteiger partial charge < -0.3 is 14.8 Å². The Morgan fingerprint density at radius 3 is 2.61 bits per heavy atom. The summed E-state index contributed by atoms with van der Waals surface area (Å²) in [4.78, 5) is 25.2. The van der Waals surface area contributed by atoms with E-state index in [1.54, 1.807) is 13.1 Å². The van der Waals surface area contributed by atoms with Gasteiger partial charge in [0.15, 0.2) is 0 Å². The highest BCUT2D eigenvalue weighted by atomic mass is 79.9. The van der Waals surface area contributed by atoms with E-state index < -0.39 is 0 Å². The van der Waals surface area contributed by atoms with E-state index in [1.807, 2.05) is 24.6 Å². The van der Waals surface area contributed by atoms with Crippen LogP contribution in [0.5, 0.6) is 0 Å². The van der Waals surface area contributed by atoms with Crippen LogP contribution in [0.2, 0.25) is 0 Å². The number of carbonyl (C=O) groups excluding carboxylic acids is 2. The molecule has 18 heavy (non-hydrogen) atoms. The van der Waals surface area contributed by atoms with Gasteiger partial charge in [0, 0.05) is 30.8 Å². The minimum absolute atomic E-state index is 0.0817. The number of aromatic nitrogens is 1. The molecule has 100 valence electrons. The summed E-state index contributed by atoms with van der Waals surface area (Å²) in [5.41, 5.74) is 0.593. The molecule has 0 saturated carbocycles. The number of aryl methyl sites for hydroxylation is 1. The third-order valence-electron chi connectivity index (χ3n) is 2.71. The van der Waals surface area contributed by atoms with Crippen molar-refractivity contribution in [3.05, 3.63) is 22.4 Å². The smallest absolute Gasteiger partial charge is 0.270 e. The van der Waals surface area contributed by atoms with Gasteiger partial charge in [0.25, 0.3) is 5.91 Å². The lowest BCUT2D eigenvalue weighted by Crippen LogP contribution is -2.40. The van der Waals surface area contributed by atoms with Crippen LogP contribution >= 0.6 is 15.9 Å². The molecule has 1 aromatic rings. The number of hydrogen-bond acceptors (Lipinski definition) is 2. The Morgan fingerprint density at radius 2 is 2.11 bits per heavy atom. The lowest BCUT2D eigenvalue weighted by atomic mass is 10.3. The van der Waals surface area contributed by atoms with Crippen LogP contribution in [0.25, 0.3) is 0 Å². The lowest BCUT2D eigenvalue weighted by Gasteiger charge is -2.20. The fourth-order valence-corrected chi connectivity index (χ4v) is 2.12. The number of carbonyl (C=O) groups is 2. The van der Waals surface area contributed by atoms with Gasteiger partial charge in [0.2, 0.25) is 5.91 Å². The van der Waals surface area contributed by atoms with E-state index in [2.05, 4.69) is 21.2 Å². The van der Waals surface area contributed by atoms with Crippen LogP contribution in [-0.2, 0) is 11.3 Å². The molecule has 0 aliphatic rings. The third-order valence-corrected chi connectivity index (χ3v) is 3.14. The number of halogens is 1. The molecule has 1 N–H and O–H groups in total. The second kappa shape index (κ2) is 6.58. The Bertz CT molecular complexity index is 443. The van der Waals surface area contributed by atoms with Gasteiger partial charge in [0.1, 0.15) is 5.69 Å². The highest BCUT2D eigenvalue weighted by Crippen LogP contribution is 2.16. The van der Waals surface area contributed by atoms with Crippen LogP contribution in [0.15, 0.2) is 16.7 Å². The van der Waals surface area contributed by atoms with Crippen LogP contribution in [0, 0.1) is 0 Å². The molecular weight excluding hydrogens is 298 g/mol. The highest BCUT2D eigenvalue weighted by molar-refractivity contribution is 9.10. The zero-order valence-corrected chi connectivity index (χ0v) is 12.5. The summed E-state index contributed by atoms with van der Waals surface area (Å²) in [6.07, 6.45) is 1.86. The van der Waals surface area contributed by atoms with Crippen LogP contribution in [0.3, 0.4) is 0 Å². The molecule has 1 aromatic heterocycles. The van der Waals surface area contributed by atoms with Gasteiger partial charge in [-0.25, -0.2) is 0 Å². The number of likely N-dealkylation sites (N-methyl/N-ethyl adjacent to an activating group) is 2. The average molecular weight is 316 g/mol. The molecule has 0 spiro atoms. The molecule has 0 fully saturated rings. The van der Waals surface area contributed by atoms with Crippen LogP contribution in [-0.4, -0.2) is 41.4 Å². The maximum atomic E-state index is 12.3. The average Bonchev–Trinajstić information content (AvgIpc) is 2.75. The molecule has 1 heterocycles. The topological polar surface area (TPSA) is 54.3 Å². The van der Waals surface area contributed by atoms with Crippen molar-refractivity contribution in [3.63, 3.8) is 0 Å². The van der Waals surface area contributed by atoms with E-state index in [-0.39, 0.29) is 18.4 Å². The summed E-state index contributed by atoms with van der Waals surface area (Å²) in [5, 5.41) is 2.52. The zero-order valence-electron chi connectivity index (χ0n) is 10.9. The van der Waals surface area contributed by atoms with Gasteiger partial charge in [-0.2, -0.15) is 0 Å². The summed E-state index contributed by atoms with van der Waals surface area (Å²) >= 11 is 3.36. The molecule has 1 rings (SSSR count). The lowest BCUT2D eigenvalue weighted by molar-refractivity contribution is -0.121. The Hall–Kier alpha value is -1.30. The Morgan fingerprint density at radius 1 is 1.44 bits per heavy atom. The number of rotatable bonds is 5. The number of nitrogens with one attached hydrogen (secondary N) is 1. The van der Waals surface area contributed by atoms with Crippen molar-refractivity contribution in [1.29, 1.82) is 0 Å². The third kappa shape index (κ3) is 3.35. The first-order valence-corrected chi connectivity index (χ1v) is 6.68. The van der Waals surface area contributed by atoms with E-state index in [0.717, 1.165) is 4.47 Å². The van der Waals surface area contributed by atoms with Crippen molar-refractivity contribution < 1.29 is 9.59 Å². The Balaban J connectivity index is 2.92. The maximum Gasteiger partial charge on any atom is 0.270 e. The second-order valence-electron chi connectivity index (χ2n) is 3.82. The molecular formula is C12H18BrN3O2. The van der Waals surface area contributed by atoms with Crippen LogP contribution in [0.4, 0.5) is 0 Å². The minimum atomic E-state index is -0.168. The Labute approximate surface area is 115 Å². The first-order chi connectivity index (χ1) is 8.53.